The summed E-state index contributed by atoms with van der Waals surface area (Å²) in [6, 6.07) is 1.76. The molecule has 0 unspecified atom stereocenters. The van der Waals surface area contributed by atoms with E-state index in [1.165, 1.54) is 0 Å². The van der Waals surface area contributed by atoms with Crippen LogP contribution in [0.4, 0.5) is 11.6 Å². The van der Waals surface area contributed by atoms with Crippen LogP contribution in [0, 0.1) is 12.3 Å². The molecule has 0 saturated heterocycles. The number of nitrogens with zero attached hydrogens (tertiary/aromatic N) is 2. The summed E-state index contributed by atoms with van der Waals surface area (Å²) in [5.74, 6) is 3.77. The van der Waals surface area contributed by atoms with Gasteiger partial charge < -0.3 is 11.1 Å². The summed E-state index contributed by atoms with van der Waals surface area (Å²) >= 11 is 0. The van der Waals surface area contributed by atoms with Gasteiger partial charge in [0.2, 0.25) is 0 Å². The van der Waals surface area contributed by atoms with E-state index in [4.69, 9.17) is 12.2 Å². The van der Waals surface area contributed by atoms with Crippen LogP contribution in [-0.2, 0) is 0 Å². The van der Waals surface area contributed by atoms with Crippen LogP contribution in [-0.4, -0.2) is 17.0 Å². The number of hydrogen-bond donors (Lipinski definition) is 2. The maximum Gasteiger partial charge on any atom is 0.135 e. The molecular weight excluding hydrogens is 188 g/mol. The average molecular weight is 198 g/mol. The molecule has 2 aromatic rings. The van der Waals surface area contributed by atoms with Gasteiger partial charge in [0.05, 0.1) is 5.56 Å². The molecule has 74 valence electrons. The molecule has 2 rings (SSSR count). The van der Waals surface area contributed by atoms with Gasteiger partial charge in [-0.25, -0.2) is 9.97 Å². The van der Waals surface area contributed by atoms with Crippen LogP contribution in [0.15, 0.2) is 18.5 Å². The van der Waals surface area contributed by atoms with E-state index in [0.29, 0.717) is 5.82 Å². The molecule has 2 heterocycles. The van der Waals surface area contributed by atoms with Gasteiger partial charge in [0, 0.05) is 30.2 Å². The first kappa shape index (κ1) is 9.28. The summed E-state index contributed by atoms with van der Waals surface area (Å²) in [5.41, 5.74) is 6.34. The highest BCUT2D eigenvalue weighted by molar-refractivity contribution is 5.96. The van der Waals surface area contributed by atoms with E-state index in [9.17, 15) is 0 Å². The molecule has 0 bridgehead atoms. The van der Waals surface area contributed by atoms with Crippen LogP contribution in [0.3, 0.4) is 0 Å². The molecule has 0 fully saturated rings. The van der Waals surface area contributed by atoms with Crippen LogP contribution in [0.5, 0.6) is 0 Å². The van der Waals surface area contributed by atoms with Gasteiger partial charge in [-0.15, -0.1) is 6.42 Å². The molecule has 0 atom stereocenters. The minimum Gasteiger partial charge on any atom is -0.384 e. The monoisotopic (exact) mass is 198 g/mol. The second-order valence-electron chi connectivity index (χ2n) is 3.07. The van der Waals surface area contributed by atoms with E-state index < -0.39 is 0 Å². The Morgan fingerprint density at radius 2 is 2.13 bits per heavy atom. The fraction of sp³-hybridized carbons (Fsp3) is 0.0909. The molecular formula is C11H10N4. The number of pyridine rings is 2. The number of aromatic nitrogens is 2. The summed E-state index contributed by atoms with van der Waals surface area (Å²) in [7, 11) is 1.80. The van der Waals surface area contributed by atoms with Crippen molar-refractivity contribution in [1.82, 2.24) is 9.97 Å². The van der Waals surface area contributed by atoms with Crippen LogP contribution in [0.25, 0.3) is 10.8 Å². The molecule has 0 aliphatic rings. The Balaban J connectivity index is 2.88. The van der Waals surface area contributed by atoms with Gasteiger partial charge in [0.25, 0.3) is 0 Å². The van der Waals surface area contributed by atoms with Crippen molar-refractivity contribution in [2.75, 3.05) is 18.1 Å². The molecule has 2 aromatic heterocycles. The number of nitrogen functional groups attached to an aromatic ring is 1. The fourth-order valence-electron chi connectivity index (χ4n) is 1.47. The van der Waals surface area contributed by atoms with Gasteiger partial charge >= 0.3 is 0 Å². The van der Waals surface area contributed by atoms with E-state index in [0.717, 1.165) is 22.2 Å². The number of nitrogens with one attached hydrogen (secondary N) is 1. The Bertz CT molecular complexity index is 554. The van der Waals surface area contributed by atoms with Crippen molar-refractivity contribution in [3.8, 4) is 12.3 Å². The van der Waals surface area contributed by atoms with E-state index >= 15 is 0 Å². The van der Waals surface area contributed by atoms with Crippen molar-refractivity contribution in [2.24, 2.45) is 0 Å². The molecule has 0 radical (unpaired) electrons. The Morgan fingerprint density at radius 1 is 1.33 bits per heavy atom. The van der Waals surface area contributed by atoms with E-state index in [2.05, 4.69) is 21.2 Å². The Hall–Kier alpha value is -2.28. The molecule has 15 heavy (non-hydrogen) atoms. The van der Waals surface area contributed by atoms with Crippen molar-refractivity contribution in [1.29, 1.82) is 0 Å². The van der Waals surface area contributed by atoms with Crippen LogP contribution in [0.1, 0.15) is 5.56 Å². The normalized spacial score (nSPS) is 9.87. The highest BCUT2D eigenvalue weighted by atomic mass is 15.0. The number of hydrogen-bond acceptors (Lipinski definition) is 4. The van der Waals surface area contributed by atoms with Gasteiger partial charge in [-0.2, -0.15) is 0 Å². The molecule has 0 spiro atoms. The summed E-state index contributed by atoms with van der Waals surface area (Å²) < 4.78 is 0. The van der Waals surface area contributed by atoms with E-state index in [-0.39, 0.29) is 0 Å². The largest absolute Gasteiger partial charge is 0.384 e. The maximum atomic E-state index is 5.62. The van der Waals surface area contributed by atoms with Crippen LogP contribution < -0.4 is 11.1 Å². The van der Waals surface area contributed by atoms with Gasteiger partial charge in [-0.1, -0.05) is 5.92 Å². The molecule has 0 aliphatic heterocycles. The lowest BCUT2D eigenvalue weighted by atomic mass is 10.1. The first-order valence-corrected chi connectivity index (χ1v) is 4.45. The lowest BCUT2D eigenvalue weighted by Gasteiger charge is -2.06. The third-order valence-corrected chi connectivity index (χ3v) is 2.19. The van der Waals surface area contributed by atoms with Crippen molar-refractivity contribution >= 4 is 22.4 Å². The minimum atomic E-state index is 0.451. The lowest BCUT2D eigenvalue weighted by Crippen LogP contribution is -1.97. The second kappa shape index (κ2) is 3.46. The Labute approximate surface area is 87.5 Å². The zero-order chi connectivity index (χ0) is 10.8. The zero-order valence-corrected chi connectivity index (χ0v) is 8.28. The average Bonchev–Trinajstić information content (AvgIpc) is 2.27. The topological polar surface area (TPSA) is 63.8 Å². The van der Waals surface area contributed by atoms with E-state index in [1.54, 1.807) is 25.5 Å². The van der Waals surface area contributed by atoms with Crippen molar-refractivity contribution < 1.29 is 0 Å². The summed E-state index contributed by atoms with van der Waals surface area (Å²) in [6.07, 6.45) is 8.70. The molecule has 0 aromatic carbocycles. The number of terminal acetylenes is 1. The predicted molar refractivity (Wildman–Crippen MR) is 61.4 cm³/mol. The second-order valence-corrected chi connectivity index (χ2v) is 3.07. The molecule has 0 amide bonds. The van der Waals surface area contributed by atoms with Gasteiger partial charge in [0.15, 0.2) is 0 Å². The lowest BCUT2D eigenvalue weighted by molar-refractivity contribution is 1.29. The highest BCUT2D eigenvalue weighted by Gasteiger charge is 2.05. The number of rotatable bonds is 1. The molecule has 4 heteroatoms. The van der Waals surface area contributed by atoms with Crippen LogP contribution in [0.2, 0.25) is 0 Å². The summed E-state index contributed by atoms with van der Waals surface area (Å²) in [5, 5.41) is 4.75. The summed E-state index contributed by atoms with van der Waals surface area (Å²) in [6.45, 7) is 0. The number of anilines is 2. The quantitative estimate of drug-likeness (QED) is 0.676. The van der Waals surface area contributed by atoms with Crippen molar-refractivity contribution in [2.45, 2.75) is 0 Å². The fourth-order valence-corrected chi connectivity index (χ4v) is 1.47. The van der Waals surface area contributed by atoms with Gasteiger partial charge in [0.1, 0.15) is 11.6 Å². The van der Waals surface area contributed by atoms with Crippen molar-refractivity contribution in [3.63, 3.8) is 0 Å². The van der Waals surface area contributed by atoms with Gasteiger partial charge in [-0.05, 0) is 6.07 Å². The third kappa shape index (κ3) is 1.44. The maximum absolute atomic E-state index is 5.62. The molecule has 4 nitrogen and oxygen atoms in total. The number of fused-ring (bicyclic) bond motifs is 1. The standard InChI is InChI=1S/C11H10N4/c1-3-7-5-15-11(13-2)9-6-14-10(12)4-8(7)9/h1,4-6H,2H3,(H2,12,14)(H,13,15). The summed E-state index contributed by atoms with van der Waals surface area (Å²) in [4.78, 5) is 8.21. The first-order valence-electron chi connectivity index (χ1n) is 4.45. The SMILES string of the molecule is C#Cc1cnc(NC)c2cnc(N)cc12. The number of nitrogens with two attached hydrogens (primary N) is 1. The van der Waals surface area contributed by atoms with Crippen molar-refractivity contribution in [3.05, 3.63) is 24.0 Å². The Morgan fingerprint density at radius 3 is 2.80 bits per heavy atom. The van der Waals surface area contributed by atoms with E-state index in [1.807, 2.05) is 0 Å². The molecule has 3 N–H and O–H groups in total. The third-order valence-electron chi connectivity index (χ3n) is 2.19. The zero-order valence-electron chi connectivity index (χ0n) is 8.28. The van der Waals surface area contributed by atoms with Gasteiger partial charge in [-0.3, -0.25) is 0 Å². The minimum absolute atomic E-state index is 0.451. The van der Waals surface area contributed by atoms with Crippen LogP contribution >= 0.6 is 0 Å². The smallest absolute Gasteiger partial charge is 0.135 e. The molecule has 0 saturated carbocycles. The Kier molecular flexibility index (Phi) is 2.14. The first-order chi connectivity index (χ1) is 7.26. The molecule has 0 aliphatic carbocycles. The highest BCUT2D eigenvalue weighted by Crippen LogP contribution is 2.24. The predicted octanol–water partition coefficient (Wildman–Crippen LogP) is 1.23.